The molecule has 0 aliphatic carbocycles. The fourth-order valence-electron chi connectivity index (χ4n) is 1.81. The van der Waals surface area contributed by atoms with E-state index in [0.717, 1.165) is 11.0 Å². The quantitative estimate of drug-likeness (QED) is 0.810. The lowest BCUT2D eigenvalue weighted by Gasteiger charge is -2.22. The lowest BCUT2D eigenvalue weighted by atomic mass is 10.1. The average Bonchev–Trinajstić information content (AvgIpc) is 2.29. The van der Waals surface area contributed by atoms with Crippen molar-refractivity contribution in [1.82, 2.24) is 0 Å². The van der Waals surface area contributed by atoms with Crippen LogP contribution in [0.4, 0.5) is 5.69 Å². The van der Waals surface area contributed by atoms with E-state index in [0.29, 0.717) is 6.54 Å². The first kappa shape index (κ1) is 13.5. The van der Waals surface area contributed by atoms with Gasteiger partial charge in [0.15, 0.2) is 0 Å². The molecule has 1 aromatic carbocycles. The predicted molar refractivity (Wildman–Crippen MR) is 74.8 cm³/mol. The summed E-state index contributed by atoms with van der Waals surface area (Å²) in [7, 11) is 2.14. The molecule has 0 spiro atoms. The van der Waals surface area contributed by atoms with E-state index in [1.54, 1.807) is 0 Å². The van der Waals surface area contributed by atoms with E-state index < -0.39 is 0 Å². The molecule has 0 unspecified atom stereocenters. The van der Waals surface area contributed by atoms with Gasteiger partial charge < -0.3 is 10.6 Å². The Morgan fingerprint density at radius 3 is 2.69 bits per heavy atom. The first-order valence-electron chi connectivity index (χ1n) is 5.88. The molecule has 0 heterocycles. The third-order valence-corrected chi connectivity index (χ3v) is 3.26. The van der Waals surface area contributed by atoms with E-state index in [2.05, 4.69) is 53.0 Å². The van der Waals surface area contributed by atoms with E-state index in [9.17, 15) is 0 Å². The topological polar surface area (TPSA) is 29.3 Å². The molecule has 0 amide bonds. The molecule has 0 atom stereocenters. The predicted octanol–water partition coefficient (Wildman–Crippen LogP) is 3.53. The van der Waals surface area contributed by atoms with Crippen molar-refractivity contribution in [3.63, 3.8) is 0 Å². The average molecular weight is 285 g/mol. The summed E-state index contributed by atoms with van der Waals surface area (Å²) in [6, 6.07) is 6.31. The summed E-state index contributed by atoms with van der Waals surface area (Å²) in [6.45, 7) is 3.92. The first-order valence-corrected chi connectivity index (χ1v) is 6.68. The van der Waals surface area contributed by atoms with Crippen molar-refractivity contribution in [2.75, 3.05) is 18.5 Å². The highest BCUT2D eigenvalue weighted by Gasteiger charge is 2.06. The third-order valence-electron chi connectivity index (χ3n) is 2.77. The monoisotopic (exact) mass is 284 g/mol. The number of halogens is 1. The number of nitrogens with zero attached hydrogens (tertiary/aromatic N) is 1. The Kier molecular flexibility index (Phi) is 5.85. The highest BCUT2D eigenvalue weighted by Crippen LogP contribution is 2.23. The van der Waals surface area contributed by atoms with Crippen LogP contribution in [0.15, 0.2) is 22.7 Å². The molecule has 90 valence electrons. The number of hydrogen-bond acceptors (Lipinski definition) is 2. The summed E-state index contributed by atoms with van der Waals surface area (Å²) >= 11 is 3.48. The summed E-state index contributed by atoms with van der Waals surface area (Å²) < 4.78 is 1.10. The second-order valence-electron chi connectivity index (χ2n) is 4.11. The standard InChI is InChI=1S/C13H21BrN2/c1-3-4-5-8-16(2)13-7-6-12(14)9-11(13)10-15/h6-7,9H,3-5,8,10,15H2,1-2H3. The van der Waals surface area contributed by atoms with E-state index in [-0.39, 0.29) is 0 Å². The van der Waals surface area contributed by atoms with Gasteiger partial charge in [-0.05, 0) is 30.2 Å². The first-order chi connectivity index (χ1) is 7.69. The van der Waals surface area contributed by atoms with Crippen LogP contribution in [-0.4, -0.2) is 13.6 Å². The van der Waals surface area contributed by atoms with Crippen molar-refractivity contribution in [3.05, 3.63) is 28.2 Å². The van der Waals surface area contributed by atoms with Crippen LogP contribution in [0, 0.1) is 0 Å². The lowest BCUT2D eigenvalue weighted by Crippen LogP contribution is -2.20. The smallest absolute Gasteiger partial charge is 0.0409 e. The zero-order valence-electron chi connectivity index (χ0n) is 10.2. The van der Waals surface area contributed by atoms with E-state index >= 15 is 0 Å². The van der Waals surface area contributed by atoms with Crippen LogP contribution in [0.3, 0.4) is 0 Å². The normalized spacial score (nSPS) is 10.5. The van der Waals surface area contributed by atoms with Gasteiger partial charge in [0.2, 0.25) is 0 Å². The van der Waals surface area contributed by atoms with Gasteiger partial charge in [-0.15, -0.1) is 0 Å². The molecule has 3 heteroatoms. The molecule has 0 aliphatic rings. The molecule has 0 radical (unpaired) electrons. The molecule has 1 rings (SSSR count). The molecule has 0 saturated heterocycles. The largest absolute Gasteiger partial charge is 0.374 e. The molecule has 2 nitrogen and oxygen atoms in total. The third kappa shape index (κ3) is 3.80. The molecule has 0 fully saturated rings. The Labute approximate surface area is 107 Å². The fraction of sp³-hybridized carbons (Fsp3) is 0.538. The maximum absolute atomic E-state index is 5.76. The van der Waals surface area contributed by atoms with Gasteiger partial charge in [-0.2, -0.15) is 0 Å². The van der Waals surface area contributed by atoms with Gasteiger partial charge >= 0.3 is 0 Å². The van der Waals surface area contributed by atoms with Crippen molar-refractivity contribution in [3.8, 4) is 0 Å². The molecule has 16 heavy (non-hydrogen) atoms. The van der Waals surface area contributed by atoms with Crippen molar-refractivity contribution >= 4 is 21.6 Å². The molecule has 0 bridgehead atoms. The fourth-order valence-corrected chi connectivity index (χ4v) is 2.22. The van der Waals surface area contributed by atoms with Crippen LogP contribution in [0.1, 0.15) is 31.7 Å². The Balaban J connectivity index is 2.70. The van der Waals surface area contributed by atoms with Gasteiger partial charge in [0.05, 0.1) is 0 Å². The molecule has 0 saturated carbocycles. The number of benzene rings is 1. The zero-order valence-corrected chi connectivity index (χ0v) is 11.8. The molecule has 1 aromatic rings. The van der Waals surface area contributed by atoms with Crippen LogP contribution in [-0.2, 0) is 6.54 Å². The number of rotatable bonds is 6. The molecular formula is C13H21BrN2. The Morgan fingerprint density at radius 1 is 1.31 bits per heavy atom. The summed E-state index contributed by atoms with van der Waals surface area (Å²) in [6.07, 6.45) is 3.80. The summed E-state index contributed by atoms with van der Waals surface area (Å²) in [4.78, 5) is 2.30. The van der Waals surface area contributed by atoms with Crippen LogP contribution in [0.25, 0.3) is 0 Å². The highest BCUT2D eigenvalue weighted by molar-refractivity contribution is 9.10. The zero-order chi connectivity index (χ0) is 12.0. The Morgan fingerprint density at radius 2 is 2.06 bits per heavy atom. The summed E-state index contributed by atoms with van der Waals surface area (Å²) in [5.41, 5.74) is 8.22. The highest BCUT2D eigenvalue weighted by atomic mass is 79.9. The molecular weight excluding hydrogens is 264 g/mol. The van der Waals surface area contributed by atoms with Crippen molar-refractivity contribution < 1.29 is 0 Å². The van der Waals surface area contributed by atoms with Gasteiger partial charge in [-0.1, -0.05) is 35.7 Å². The number of hydrogen-bond donors (Lipinski definition) is 1. The van der Waals surface area contributed by atoms with E-state index in [1.807, 2.05) is 0 Å². The minimum Gasteiger partial charge on any atom is -0.374 e. The molecule has 2 N–H and O–H groups in total. The number of unbranched alkanes of at least 4 members (excludes halogenated alkanes) is 2. The van der Waals surface area contributed by atoms with E-state index in [1.165, 1.54) is 30.5 Å². The molecule has 0 aromatic heterocycles. The van der Waals surface area contributed by atoms with Crippen LogP contribution < -0.4 is 10.6 Å². The van der Waals surface area contributed by atoms with Gasteiger partial charge in [0.25, 0.3) is 0 Å². The Bertz CT molecular complexity index is 326. The number of anilines is 1. The summed E-state index contributed by atoms with van der Waals surface area (Å²) in [5, 5.41) is 0. The van der Waals surface area contributed by atoms with Gasteiger partial charge in [0, 0.05) is 30.3 Å². The number of nitrogens with two attached hydrogens (primary N) is 1. The van der Waals surface area contributed by atoms with Crippen LogP contribution in [0.5, 0.6) is 0 Å². The maximum Gasteiger partial charge on any atom is 0.0409 e. The SMILES string of the molecule is CCCCCN(C)c1ccc(Br)cc1CN. The van der Waals surface area contributed by atoms with Crippen LogP contribution >= 0.6 is 15.9 Å². The lowest BCUT2D eigenvalue weighted by molar-refractivity contribution is 0.703. The van der Waals surface area contributed by atoms with Crippen molar-refractivity contribution in [2.45, 2.75) is 32.7 Å². The second kappa shape index (κ2) is 6.92. The van der Waals surface area contributed by atoms with Crippen molar-refractivity contribution in [1.29, 1.82) is 0 Å². The minimum atomic E-state index is 0.590. The summed E-state index contributed by atoms with van der Waals surface area (Å²) in [5.74, 6) is 0. The van der Waals surface area contributed by atoms with Gasteiger partial charge in [-0.3, -0.25) is 0 Å². The maximum atomic E-state index is 5.76. The van der Waals surface area contributed by atoms with Crippen molar-refractivity contribution in [2.24, 2.45) is 5.73 Å². The van der Waals surface area contributed by atoms with E-state index in [4.69, 9.17) is 5.73 Å². The van der Waals surface area contributed by atoms with Crippen LogP contribution in [0.2, 0.25) is 0 Å². The van der Waals surface area contributed by atoms with Gasteiger partial charge in [-0.25, -0.2) is 0 Å². The van der Waals surface area contributed by atoms with Gasteiger partial charge in [0.1, 0.15) is 0 Å². The minimum absolute atomic E-state index is 0.590. The molecule has 0 aliphatic heterocycles. The second-order valence-corrected chi connectivity index (χ2v) is 5.02. The Hall–Kier alpha value is -0.540.